The molecule has 2 amide bonds. The van der Waals surface area contributed by atoms with E-state index in [0.717, 1.165) is 48.9 Å². The van der Waals surface area contributed by atoms with Crippen LogP contribution in [0.1, 0.15) is 56.9 Å². The van der Waals surface area contributed by atoms with Crippen molar-refractivity contribution in [2.75, 3.05) is 13.1 Å². The molecule has 1 aromatic heterocycles. The number of likely N-dealkylation sites (tertiary alicyclic amines) is 1. The van der Waals surface area contributed by atoms with Gasteiger partial charge in [0.2, 0.25) is 11.8 Å². The quantitative estimate of drug-likeness (QED) is 0.756. The van der Waals surface area contributed by atoms with Gasteiger partial charge in [0.05, 0.1) is 5.41 Å². The number of hydrogen-bond donors (Lipinski definition) is 1. The monoisotopic (exact) mass is 419 g/mol. The average molecular weight is 420 g/mol. The Morgan fingerprint density at radius 1 is 1.03 bits per heavy atom. The number of benzene rings is 1. The van der Waals surface area contributed by atoms with Crippen molar-refractivity contribution in [2.24, 2.45) is 17.1 Å². The highest BCUT2D eigenvalue weighted by Gasteiger charge is 2.42. The number of aromatic nitrogens is 1. The van der Waals surface area contributed by atoms with Crippen LogP contribution in [0.15, 0.2) is 48.8 Å². The van der Waals surface area contributed by atoms with E-state index in [4.69, 9.17) is 5.73 Å². The fraction of sp³-hybridized carbons (Fsp3) is 0.500. The number of piperidine rings is 1. The van der Waals surface area contributed by atoms with Gasteiger partial charge in [-0.3, -0.25) is 14.6 Å². The highest BCUT2D eigenvalue weighted by molar-refractivity contribution is 5.83. The van der Waals surface area contributed by atoms with Crippen molar-refractivity contribution in [3.8, 4) is 11.1 Å². The van der Waals surface area contributed by atoms with Crippen molar-refractivity contribution in [3.63, 3.8) is 0 Å². The standard InChI is InChI=1S/C26H33N3O2/c27-25(31)26(17-21-9-11-22(12-10-21)23-8-4-14-28-18-23)13-5-15-29(19-26)24(30)16-20-6-2-1-3-7-20/h4,8-12,14,18,20H,1-3,5-7,13,15-17,19H2,(H2,27,31)/t26-/m0/s1. The first kappa shape index (κ1) is 21.5. The van der Waals surface area contributed by atoms with Gasteiger partial charge in [-0.2, -0.15) is 0 Å². The second-order valence-electron chi connectivity index (χ2n) is 9.39. The summed E-state index contributed by atoms with van der Waals surface area (Å²) in [5, 5.41) is 0. The van der Waals surface area contributed by atoms with Crippen LogP contribution in [0.2, 0.25) is 0 Å². The van der Waals surface area contributed by atoms with Gasteiger partial charge in [0.15, 0.2) is 0 Å². The topological polar surface area (TPSA) is 76.3 Å². The molecule has 1 aromatic carbocycles. The van der Waals surface area contributed by atoms with Crippen LogP contribution in [0.3, 0.4) is 0 Å². The molecule has 2 aliphatic rings. The molecule has 0 spiro atoms. The van der Waals surface area contributed by atoms with Crippen molar-refractivity contribution in [1.82, 2.24) is 9.88 Å². The van der Waals surface area contributed by atoms with E-state index < -0.39 is 5.41 Å². The van der Waals surface area contributed by atoms with Crippen LogP contribution in [0.4, 0.5) is 0 Å². The fourth-order valence-electron chi connectivity index (χ4n) is 5.28. The molecule has 4 rings (SSSR count). The maximum atomic E-state index is 13.0. The summed E-state index contributed by atoms with van der Waals surface area (Å²) in [5.74, 6) is 0.411. The molecule has 1 saturated carbocycles. The van der Waals surface area contributed by atoms with Gasteiger partial charge in [0.25, 0.3) is 0 Å². The predicted octanol–water partition coefficient (Wildman–Crippen LogP) is 4.36. The zero-order chi connectivity index (χ0) is 21.7. The molecule has 2 N–H and O–H groups in total. The van der Waals surface area contributed by atoms with Crippen LogP contribution in [0.25, 0.3) is 11.1 Å². The summed E-state index contributed by atoms with van der Waals surface area (Å²) in [6.45, 7) is 1.18. The summed E-state index contributed by atoms with van der Waals surface area (Å²) in [4.78, 5) is 31.7. The van der Waals surface area contributed by atoms with E-state index in [1.807, 2.05) is 23.2 Å². The van der Waals surface area contributed by atoms with Gasteiger partial charge in [0, 0.05) is 31.9 Å². The van der Waals surface area contributed by atoms with E-state index in [9.17, 15) is 9.59 Å². The van der Waals surface area contributed by atoms with Crippen LogP contribution < -0.4 is 5.73 Å². The maximum Gasteiger partial charge on any atom is 0.225 e. The minimum absolute atomic E-state index is 0.198. The Kier molecular flexibility index (Phi) is 6.69. The van der Waals surface area contributed by atoms with Gasteiger partial charge >= 0.3 is 0 Å². The Bertz CT molecular complexity index is 891. The van der Waals surface area contributed by atoms with Crippen LogP contribution >= 0.6 is 0 Å². The molecule has 1 aliphatic heterocycles. The van der Waals surface area contributed by atoms with Crippen molar-refractivity contribution < 1.29 is 9.59 Å². The number of pyridine rings is 1. The summed E-state index contributed by atoms with van der Waals surface area (Å²) in [7, 11) is 0. The number of nitrogens with two attached hydrogens (primary N) is 1. The first-order chi connectivity index (χ1) is 15.1. The second-order valence-corrected chi connectivity index (χ2v) is 9.39. The number of primary amides is 1. The van der Waals surface area contributed by atoms with E-state index in [1.54, 1.807) is 6.20 Å². The minimum atomic E-state index is -0.684. The molecule has 1 aliphatic carbocycles. The maximum absolute atomic E-state index is 13.0. The Hall–Kier alpha value is -2.69. The third kappa shape index (κ3) is 5.15. The van der Waals surface area contributed by atoms with Gasteiger partial charge < -0.3 is 10.6 Å². The molecule has 2 fully saturated rings. The van der Waals surface area contributed by atoms with Crippen molar-refractivity contribution in [1.29, 1.82) is 0 Å². The summed E-state index contributed by atoms with van der Waals surface area (Å²) in [6, 6.07) is 12.2. The van der Waals surface area contributed by atoms with Gasteiger partial charge in [-0.05, 0) is 60.8 Å². The number of carbonyl (C=O) groups excluding carboxylic acids is 2. The van der Waals surface area contributed by atoms with Crippen LogP contribution in [-0.2, 0) is 16.0 Å². The Morgan fingerprint density at radius 3 is 2.48 bits per heavy atom. The minimum Gasteiger partial charge on any atom is -0.369 e. The molecule has 1 saturated heterocycles. The first-order valence-electron chi connectivity index (χ1n) is 11.6. The lowest BCUT2D eigenvalue weighted by Gasteiger charge is -2.41. The van der Waals surface area contributed by atoms with Gasteiger partial charge in [-0.15, -0.1) is 0 Å². The average Bonchev–Trinajstić information content (AvgIpc) is 2.81. The normalized spacial score (nSPS) is 22.3. The highest BCUT2D eigenvalue weighted by Crippen LogP contribution is 2.35. The lowest BCUT2D eigenvalue weighted by Crippen LogP contribution is -2.53. The molecule has 5 heteroatoms. The molecule has 0 bridgehead atoms. The highest BCUT2D eigenvalue weighted by atomic mass is 16.2. The SMILES string of the molecule is NC(=O)[C@]1(Cc2ccc(-c3cccnc3)cc2)CCCN(C(=O)CC2CCCCC2)C1. The molecule has 1 atom stereocenters. The van der Waals surface area contributed by atoms with Crippen molar-refractivity contribution in [3.05, 3.63) is 54.4 Å². The zero-order valence-electron chi connectivity index (χ0n) is 18.3. The molecule has 0 unspecified atom stereocenters. The lowest BCUT2D eigenvalue weighted by molar-refractivity contribution is -0.140. The Balaban J connectivity index is 1.45. The Labute approximate surface area is 185 Å². The van der Waals surface area contributed by atoms with E-state index in [2.05, 4.69) is 29.2 Å². The summed E-state index contributed by atoms with van der Waals surface area (Å²) in [6.07, 6.45) is 12.4. The number of amides is 2. The number of carbonyl (C=O) groups is 2. The summed E-state index contributed by atoms with van der Waals surface area (Å²) in [5.41, 5.74) is 8.49. The molecule has 2 aromatic rings. The third-order valence-electron chi connectivity index (χ3n) is 7.13. The first-order valence-corrected chi connectivity index (χ1v) is 11.6. The fourth-order valence-corrected chi connectivity index (χ4v) is 5.28. The van der Waals surface area contributed by atoms with Gasteiger partial charge in [-0.1, -0.05) is 49.6 Å². The molecular weight excluding hydrogens is 386 g/mol. The number of rotatable bonds is 6. The van der Waals surface area contributed by atoms with E-state index in [0.29, 0.717) is 25.3 Å². The largest absolute Gasteiger partial charge is 0.369 e. The third-order valence-corrected chi connectivity index (χ3v) is 7.13. The van der Waals surface area contributed by atoms with E-state index in [-0.39, 0.29) is 11.8 Å². The number of hydrogen-bond acceptors (Lipinski definition) is 3. The molecule has 31 heavy (non-hydrogen) atoms. The molecule has 2 heterocycles. The second kappa shape index (κ2) is 9.63. The van der Waals surface area contributed by atoms with Gasteiger partial charge in [-0.25, -0.2) is 0 Å². The van der Waals surface area contributed by atoms with Crippen LogP contribution in [0, 0.1) is 11.3 Å². The molecular formula is C26H33N3O2. The van der Waals surface area contributed by atoms with Crippen molar-refractivity contribution in [2.45, 2.75) is 57.8 Å². The molecule has 0 radical (unpaired) electrons. The zero-order valence-corrected chi connectivity index (χ0v) is 18.3. The lowest BCUT2D eigenvalue weighted by atomic mass is 9.74. The van der Waals surface area contributed by atoms with Crippen LogP contribution in [0.5, 0.6) is 0 Å². The van der Waals surface area contributed by atoms with Gasteiger partial charge in [0.1, 0.15) is 0 Å². The van der Waals surface area contributed by atoms with Crippen LogP contribution in [-0.4, -0.2) is 34.8 Å². The summed E-state index contributed by atoms with van der Waals surface area (Å²) >= 11 is 0. The van der Waals surface area contributed by atoms with E-state index in [1.165, 1.54) is 19.3 Å². The molecule has 164 valence electrons. The van der Waals surface area contributed by atoms with E-state index >= 15 is 0 Å². The summed E-state index contributed by atoms with van der Waals surface area (Å²) < 4.78 is 0. The smallest absolute Gasteiger partial charge is 0.225 e. The van der Waals surface area contributed by atoms with Crippen molar-refractivity contribution >= 4 is 11.8 Å². The Morgan fingerprint density at radius 2 is 1.81 bits per heavy atom. The number of nitrogens with zero attached hydrogens (tertiary/aromatic N) is 2. The molecule has 5 nitrogen and oxygen atoms in total. The predicted molar refractivity (Wildman–Crippen MR) is 122 cm³/mol.